The fraction of sp³-hybridized carbons (Fsp3) is 0.375. The van der Waals surface area contributed by atoms with E-state index in [0.717, 1.165) is 11.6 Å². The van der Waals surface area contributed by atoms with Crippen molar-refractivity contribution in [2.45, 2.75) is 5.75 Å². The van der Waals surface area contributed by atoms with Gasteiger partial charge in [0, 0.05) is 19.0 Å². The summed E-state index contributed by atoms with van der Waals surface area (Å²) in [6, 6.07) is 4.11. The van der Waals surface area contributed by atoms with Gasteiger partial charge in [0.1, 0.15) is 5.82 Å². The van der Waals surface area contributed by atoms with Gasteiger partial charge in [-0.3, -0.25) is 0 Å². The van der Waals surface area contributed by atoms with Crippen LogP contribution >= 0.6 is 11.8 Å². The lowest BCUT2D eigenvalue weighted by Crippen LogP contribution is -1.92. The van der Waals surface area contributed by atoms with E-state index in [-0.39, 0.29) is 0 Å². The first-order chi connectivity index (χ1) is 5.36. The Morgan fingerprint density at radius 2 is 2.45 bits per heavy atom. The Labute approximate surface area is 71.4 Å². The highest BCUT2D eigenvalue weighted by molar-refractivity contribution is 7.97. The highest BCUT2D eigenvalue weighted by atomic mass is 32.2. The van der Waals surface area contributed by atoms with Gasteiger partial charge < -0.3 is 5.32 Å². The van der Waals surface area contributed by atoms with E-state index in [9.17, 15) is 0 Å². The third-order valence-electron chi connectivity index (χ3n) is 1.39. The van der Waals surface area contributed by atoms with Gasteiger partial charge in [-0.25, -0.2) is 4.98 Å². The fourth-order valence-corrected chi connectivity index (χ4v) is 1.38. The van der Waals surface area contributed by atoms with Crippen molar-refractivity contribution >= 4 is 17.6 Å². The standard InChI is InChI=1S/C8H12N2S/c1-9-8-5-7(6-11-2)3-4-10-8/h3-5H,6H2,1-2H3,(H,9,10). The zero-order valence-electron chi connectivity index (χ0n) is 6.79. The Morgan fingerprint density at radius 1 is 1.64 bits per heavy atom. The third kappa shape index (κ3) is 2.42. The highest BCUT2D eigenvalue weighted by Crippen LogP contribution is 2.11. The van der Waals surface area contributed by atoms with Gasteiger partial charge in [-0.2, -0.15) is 11.8 Å². The average Bonchev–Trinajstić information content (AvgIpc) is 2.06. The van der Waals surface area contributed by atoms with Crippen molar-refractivity contribution in [3.63, 3.8) is 0 Å². The van der Waals surface area contributed by atoms with Gasteiger partial charge in [0.25, 0.3) is 0 Å². The molecule has 0 aliphatic heterocycles. The number of nitrogens with zero attached hydrogens (tertiary/aromatic N) is 1. The normalized spacial score (nSPS) is 9.64. The minimum absolute atomic E-state index is 0.941. The maximum Gasteiger partial charge on any atom is 0.125 e. The van der Waals surface area contributed by atoms with Crippen LogP contribution in [0.15, 0.2) is 18.3 Å². The summed E-state index contributed by atoms with van der Waals surface area (Å²) < 4.78 is 0. The summed E-state index contributed by atoms with van der Waals surface area (Å²) in [7, 11) is 1.88. The number of pyridine rings is 1. The van der Waals surface area contributed by atoms with Crippen LogP contribution < -0.4 is 5.32 Å². The molecule has 0 aromatic carbocycles. The molecule has 0 spiro atoms. The van der Waals surface area contributed by atoms with E-state index >= 15 is 0 Å². The molecule has 60 valence electrons. The maximum atomic E-state index is 4.12. The van der Waals surface area contributed by atoms with Crippen molar-refractivity contribution in [3.8, 4) is 0 Å². The van der Waals surface area contributed by atoms with E-state index in [1.807, 2.05) is 31.1 Å². The summed E-state index contributed by atoms with van der Waals surface area (Å²) in [6.45, 7) is 0. The molecule has 0 saturated carbocycles. The van der Waals surface area contributed by atoms with E-state index in [1.54, 1.807) is 0 Å². The minimum Gasteiger partial charge on any atom is -0.373 e. The van der Waals surface area contributed by atoms with Crippen LogP contribution in [0.3, 0.4) is 0 Å². The van der Waals surface area contributed by atoms with E-state index in [1.165, 1.54) is 5.56 Å². The summed E-state index contributed by atoms with van der Waals surface area (Å²) in [5, 5.41) is 3.01. The quantitative estimate of drug-likeness (QED) is 0.747. The molecule has 0 amide bonds. The average molecular weight is 168 g/mol. The van der Waals surface area contributed by atoms with Gasteiger partial charge in [-0.05, 0) is 24.0 Å². The molecule has 3 heteroatoms. The summed E-state index contributed by atoms with van der Waals surface area (Å²) in [4.78, 5) is 4.12. The van der Waals surface area contributed by atoms with Gasteiger partial charge in [-0.15, -0.1) is 0 Å². The molecule has 0 atom stereocenters. The zero-order valence-corrected chi connectivity index (χ0v) is 7.61. The summed E-state index contributed by atoms with van der Waals surface area (Å²) in [5.74, 6) is 1.99. The number of hydrogen-bond donors (Lipinski definition) is 1. The molecule has 0 radical (unpaired) electrons. The van der Waals surface area contributed by atoms with E-state index < -0.39 is 0 Å². The SMILES string of the molecule is CNc1cc(CSC)ccn1. The van der Waals surface area contributed by atoms with Crippen molar-refractivity contribution in [2.24, 2.45) is 0 Å². The predicted molar refractivity (Wildman–Crippen MR) is 51.0 cm³/mol. The maximum absolute atomic E-state index is 4.12. The second kappa shape index (κ2) is 4.23. The Morgan fingerprint density at radius 3 is 3.09 bits per heavy atom. The smallest absolute Gasteiger partial charge is 0.125 e. The van der Waals surface area contributed by atoms with Crippen LogP contribution in [-0.2, 0) is 5.75 Å². The second-order valence-corrected chi connectivity index (χ2v) is 3.10. The predicted octanol–water partition coefficient (Wildman–Crippen LogP) is 1.99. The first-order valence-electron chi connectivity index (χ1n) is 3.48. The fourth-order valence-electron chi connectivity index (χ4n) is 0.867. The van der Waals surface area contributed by atoms with Crippen LogP contribution in [0.4, 0.5) is 5.82 Å². The summed E-state index contributed by atoms with van der Waals surface area (Å²) in [6.07, 6.45) is 3.93. The lowest BCUT2D eigenvalue weighted by Gasteiger charge is -2.01. The monoisotopic (exact) mass is 168 g/mol. The van der Waals surface area contributed by atoms with Gasteiger partial charge in [-0.1, -0.05) is 0 Å². The third-order valence-corrected chi connectivity index (χ3v) is 2.01. The van der Waals surface area contributed by atoms with Crippen molar-refractivity contribution in [1.82, 2.24) is 4.98 Å². The van der Waals surface area contributed by atoms with E-state index in [4.69, 9.17) is 0 Å². The Bertz CT molecular complexity index is 225. The molecule has 1 rings (SSSR count). The van der Waals surface area contributed by atoms with Crippen LogP contribution in [-0.4, -0.2) is 18.3 Å². The topological polar surface area (TPSA) is 24.9 Å². The molecule has 2 nitrogen and oxygen atoms in total. The van der Waals surface area contributed by atoms with Crippen LogP contribution in [0.5, 0.6) is 0 Å². The lowest BCUT2D eigenvalue weighted by molar-refractivity contribution is 1.25. The molecule has 1 aromatic heterocycles. The van der Waals surface area contributed by atoms with Crippen molar-refractivity contribution in [1.29, 1.82) is 0 Å². The summed E-state index contributed by atoms with van der Waals surface area (Å²) >= 11 is 1.82. The number of anilines is 1. The number of nitrogens with one attached hydrogen (secondary N) is 1. The van der Waals surface area contributed by atoms with Crippen molar-refractivity contribution in [2.75, 3.05) is 18.6 Å². The number of thioether (sulfide) groups is 1. The van der Waals surface area contributed by atoms with E-state index in [0.29, 0.717) is 0 Å². The molecule has 11 heavy (non-hydrogen) atoms. The van der Waals surface area contributed by atoms with E-state index in [2.05, 4.69) is 22.6 Å². The largest absolute Gasteiger partial charge is 0.373 e. The van der Waals surface area contributed by atoms with Crippen LogP contribution in [0.25, 0.3) is 0 Å². The molecular formula is C8H12N2S. The van der Waals surface area contributed by atoms with Crippen molar-refractivity contribution in [3.05, 3.63) is 23.9 Å². The Balaban J connectivity index is 2.74. The van der Waals surface area contributed by atoms with Gasteiger partial charge >= 0.3 is 0 Å². The van der Waals surface area contributed by atoms with Crippen LogP contribution in [0.2, 0.25) is 0 Å². The Hall–Kier alpha value is -0.700. The second-order valence-electron chi connectivity index (χ2n) is 2.23. The Kier molecular flexibility index (Phi) is 3.23. The minimum atomic E-state index is 0.941. The molecule has 1 N–H and O–H groups in total. The first kappa shape index (κ1) is 8.40. The molecule has 0 saturated heterocycles. The molecule has 0 aliphatic rings. The zero-order chi connectivity index (χ0) is 8.10. The molecule has 1 aromatic rings. The molecule has 0 fully saturated rings. The van der Waals surface area contributed by atoms with Crippen LogP contribution in [0.1, 0.15) is 5.56 Å². The number of rotatable bonds is 3. The highest BCUT2D eigenvalue weighted by Gasteiger charge is 1.92. The molecule has 1 heterocycles. The summed E-state index contributed by atoms with van der Waals surface area (Å²) in [5.41, 5.74) is 1.32. The molecular weight excluding hydrogens is 156 g/mol. The van der Waals surface area contributed by atoms with Crippen LogP contribution in [0, 0.1) is 0 Å². The van der Waals surface area contributed by atoms with Crippen molar-refractivity contribution < 1.29 is 0 Å². The lowest BCUT2D eigenvalue weighted by atomic mass is 10.3. The van der Waals surface area contributed by atoms with Gasteiger partial charge in [0.05, 0.1) is 0 Å². The number of hydrogen-bond acceptors (Lipinski definition) is 3. The molecule has 0 unspecified atom stereocenters. The van der Waals surface area contributed by atoms with Gasteiger partial charge in [0.2, 0.25) is 0 Å². The molecule has 0 aliphatic carbocycles. The number of aromatic nitrogens is 1. The first-order valence-corrected chi connectivity index (χ1v) is 4.88. The van der Waals surface area contributed by atoms with Gasteiger partial charge in [0.15, 0.2) is 0 Å². The molecule has 0 bridgehead atoms.